The van der Waals surface area contributed by atoms with Crippen molar-refractivity contribution in [2.75, 3.05) is 0 Å². The van der Waals surface area contributed by atoms with E-state index in [4.69, 9.17) is 0 Å². The molecule has 456 valence electrons. The summed E-state index contributed by atoms with van der Waals surface area (Å²) in [5.41, 5.74) is 4.82. The second-order valence-corrected chi connectivity index (χ2v) is 26.9. The van der Waals surface area contributed by atoms with E-state index in [1.54, 1.807) is 12.1 Å². The second kappa shape index (κ2) is 48.9. The number of aryl methyl sites for hydroxylation is 4. The summed E-state index contributed by atoms with van der Waals surface area (Å²) in [5, 5.41) is 3.30. The minimum atomic E-state index is -4.50. The van der Waals surface area contributed by atoms with E-state index in [0.717, 1.165) is 62.1 Å². The molecule has 4 aromatic carbocycles. The minimum absolute atomic E-state index is 0. The first-order valence-corrected chi connectivity index (χ1v) is 36.8. The fourth-order valence-corrected chi connectivity index (χ4v) is 13.6. The number of hydrogen-bond donors (Lipinski definition) is 0. The van der Waals surface area contributed by atoms with Gasteiger partial charge in [-0.25, -0.2) is 16.8 Å². The molecule has 0 fully saturated rings. The summed E-state index contributed by atoms with van der Waals surface area (Å²) >= 11 is 0. The summed E-state index contributed by atoms with van der Waals surface area (Å²) in [6.07, 6.45) is 61.6. The normalized spacial score (nSPS) is 11.8. The molecule has 0 N–H and O–H groups in total. The standard InChI is InChI=1S/2C36H60O3S.Ba/c2*1-3-5-7-9-11-13-15-17-19-21-23-26-32-28-25-29-34-35(40(37,38)39)31-30-33(36(32)34)27-24-22-20-18-16-14-12-10-8-6-4-2;/h2*25,28-31H,3-24,26-27H2,1-2H3,(H,37,38,39);/q;;+2/p-2. The fraction of sp³-hybridized carbons (Fsp3) is 0.722. The molecule has 0 bridgehead atoms. The predicted molar refractivity (Wildman–Crippen MR) is 350 cm³/mol. The van der Waals surface area contributed by atoms with Crippen LogP contribution in [0.2, 0.25) is 0 Å². The van der Waals surface area contributed by atoms with E-state index >= 15 is 0 Å². The Labute approximate surface area is 540 Å². The largest absolute Gasteiger partial charge is 2.00 e. The van der Waals surface area contributed by atoms with E-state index in [2.05, 4.69) is 39.8 Å². The number of rotatable bonds is 50. The zero-order chi connectivity index (χ0) is 57.8. The molecule has 0 saturated carbocycles. The molecule has 4 rings (SSSR count). The third-order valence-electron chi connectivity index (χ3n) is 17.1. The molecule has 0 saturated heterocycles. The van der Waals surface area contributed by atoms with Crippen LogP contribution in [0.3, 0.4) is 0 Å². The van der Waals surface area contributed by atoms with Gasteiger partial charge in [-0.3, -0.25) is 0 Å². The Bertz CT molecular complexity index is 2170. The summed E-state index contributed by atoms with van der Waals surface area (Å²) in [5.74, 6) is 0. The van der Waals surface area contributed by atoms with Gasteiger partial charge in [-0.1, -0.05) is 333 Å². The maximum atomic E-state index is 12.0. The number of benzene rings is 4. The van der Waals surface area contributed by atoms with Gasteiger partial charge < -0.3 is 9.11 Å². The molecule has 0 aliphatic carbocycles. The Hall–Kier alpha value is -1.21. The molecule has 0 amide bonds. The third kappa shape index (κ3) is 34.1. The average Bonchev–Trinajstić information content (AvgIpc) is 3.60. The Morgan fingerprint density at radius 1 is 0.259 bits per heavy atom. The van der Waals surface area contributed by atoms with E-state index in [1.165, 1.54) is 279 Å². The molecule has 0 radical (unpaired) electrons. The number of unbranched alkanes of at least 4 members (excludes halogenated alkanes) is 40. The van der Waals surface area contributed by atoms with Gasteiger partial charge in [0.1, 0.15) is 20.2 Å². The maximum Gasteiger partial charge on any atom is 2.00 e. The van der Waals surface area contributed by atoms with Crippen molar-refractivity contribution in [2.24, 2.45) is 0 Å². The Morgan fingerprint density at radius 2 is 0.444 bits per heavy atom. The van der Waals surface area contributed by atoms with E-state index in [1.807, 2.05) is 36.4 Å². The van der Waals surface area contributed by atoms with Gasteiger partial charge in [0.05, 0.1) is 9.79 Å². The van der Waals surface area contributed by atoms with Gasteiger partial charge in [0.25, 0.3) is 0 Å². The van der Waals surface area contributed by atoms with Crippen molar-refractivity contribution in [3.63, 3.8) is 0 Å². The quantitative estimate of drug-likeness (QED) is 0.0247. The van der Waals surface area contributed by atoms with Gasteiger partial charge in [0.15, 0.2) is 0 Å². The zero-order valence-corrected chi connectivity index (χ0v) is 58.8. The van der Waals surface area contributed by atoms with Crippen LogP contribution < -0.4 is 0 Å². The van der Waals surface area contributed by atoms with Crippen molar-refractivity contribution >= 4 is 90.7 Å². The van der Waals surface area contributed by atoms with Gasteiger partial charge >= 0.3 is 48.9 Å². The monoisotopic (exact) mass is 1280 g/mol. The minimum Gasteiger partial charge on any atom is -0.744 e. The number of hydrogen-bond acceptors (Lipinski definition) is 6. The van der Waals surface area contributed by atoms with E-state index < -0.39 is 20.2 Å². The zero-order valence-electron chi connectivity index (χ0n) is 52.7. The summed E-state index contributed by atoms with van der Waals surface area (Å²) in [6.45, 7) is 9.07. The van der Waals surface area contributed by atoms with Gasteiger partial charge in [-0.05, 0) is 107 Å². The molecule has 6 nitrogen and oxygen atoms in total. The van der Waals surface area contributed by atoms with Crippen LogP contribution in [0, 0.1) is 0 Å². The van der Waals surface area contributed by atoms with Crippen molar-refractivity contribution in [1.82, 2.24) is 0 Å². The summed E-state index contributed by atoms with van der Waals surface area (Å²) in [7, 11) is -9.01. The first kappa shape index (κ1) is 75.9. The molecule has 4 aromatic rings. The van der Waals surface area contributed by atoms with Crippen LogP contribution in [-0.4, -0.2) is 74.8 Å². The van der Waals surface area contributed by atoms with Crippen LogP contribution in [0.5, 0.6) is 0 Å². The van der Waals surface area contributed by atoms with Crippen molar-refractivity contribution in [2.45, 2.75) is 346 Å². The molecule has 0 aromatic heterocycles. The fourth-order valence-electron chi connectivity index (χ4n) is 12.3. The molecule has 0 unspecified atom stereocenters. The van der Waals surface area contributed by atoms with Crippen LogP contribution in [0.1, 0.15) is 332 Å². The van der Waals surface area contributed by atoms with E-state index in [-0.39, 0.29) is 58.7 Å². The van der Waals surface area contributed by atoms with Crippen molar-refractivity contribution in [3.8, 4) is 0 Å². The second-order valence-electron chi connectivity index (χ2n) is 24.2. The SMILES string of the molecule is CCCCCCCCCCCCCc1cccc2c(S(=O)(=O)[O-])ccc(CCCCCCCCCCCCC)c12.CCCCCCCCCCCCCc1cccc2c(S(=O)(=O)[O-])ccc(CCCCCCCCCCCCC)c12.[Ba+2]. The van der Waals surface area contributed by atoms with Crippen LogP contribution in [-0.2, 0) is 45.9 Å². The average molecular weight is 1280 g/mol. The smallest absolute Gasteiger partial charge is 0.744 e. The van der Waals surface area contributed by atoms with Gasteiger partial charge in [0, 0.05) is 0 Å². The van der Waals surface area contributed by atoms with Crippen LogP contribution in [0.15, 0.2) is 70.5 Å². The van der Waals surface area contributed by atoms with Crippen molar-refractivity contribution in [3.05, 3.63) is 82.9 Å². The Morgan fingerprint density at radius 3 is 0.642 bits per heavy atom. The van der Waals surface area contributed by atoms with Gasteiger partial charge in [0.2, 0.25) is 0 Å². The first-order valence-electron chi connectivity index (χ1n) is 34.0. The molecular formula is C72H118BaO6S2. The third-order valence-corrected chi connectivity index (χ3v) is 18.9. The van der Waals surface area contributed by atoms with Crippen LogP contribution in [0.25, 0.3) is 21.5 Å². The van der Waals surface area contributed by atoms with Crippen LogP contribution >= 0.6 is 0 Å². The van der Waals surface area contributed by atoms with Gasteiger partial charge in [-0.15, -0.1) is 0 Å². The van der Waals surface area contributed by atoms with E-state index in [0.29, 0.717) is 10.8 Å². The summed E-state index contributed by atoms with van der Waals surface area (Å²) < 4.78 is 72.2. The van der Waals surface area contributed by atoms with E-state index in [9.17, 15) is 25.9 Å². The molecule has 0 heterocycles. The summed E-state index contributed by atoms with van der Waals surface area (Å²) in [6, 6.07) is 18.7. The van der Waals surface area contributed by atoms with Gasteiger partial charge in [-0.2, -0.15) is 0 Å². The molecule has 9 heteroatoms. The molecule has 81 heavy (non-hydrogen) atoms. The predicted octanol–water partition coefficient (Wildman–Crippen LogP) is 22.5. The molecule has 0 spiro atoms. The topological polar surface area (TPSA) is 114 Å². The van der Waals surface area contributed by atoms with Crippen molar-refractivity contribution in [1.29, 1.82) is 0 Å². The van der Waals surface area contributed by atoms with Crippen LogP contribution in [0.4, 0.5) is 0 Å². The Balaban J connectivity index is 0.000000547. The molecule has 0 atom stereocenters. The maximum absolute atomic E-state index is 12.0. The van der Waals surface area contributed by atoms with Crippen molar-refractivity contribution < 1.29 is 25.9 Å². The molecule has 0 aliphatic heterocycles. The number of fused-ring (bicyclic) bond motifs is 2. The summed E-state index contributed by atoms with van der Waals surface area (Å²) in [4.78, 5) is -0.128. The Kier molecular flexibility index (Phi) is 45.8. The molecule has 0 aliphatic rings. The molecular weight excluding hydrogens is 1160 g/mol. The first-order chi connectivity index (χ1) is 39.0.